The molecule has 28 heavy (non-hydrogen) atoms. The number of hydrogen-bond acceptors (Lipinski definition) is 6. The third-order valence-electron chi connectivity index (χ3n) is 5.49. The summed E-state index contributed by atoms with van der Waals surface area (Å²) in [6.07, 6.45) is 1.16. The minimum Gasteiger partial charge on any atom is -0.383 e. The van der Waals surface area contributed by atoms with Crippen molar-refractivity contribution in [1.29, 1.82) is 5.26 Å². The maximum absolute atomic E-state index is 13.4. The first-order valence-electron chi connectivity index (χ1n) is 9.23. The van der Waals surface area contributed by atoms with Crippen LogP contribution in [0.15, 0.2) is 69.8 Å². The molecule has 142 valence electrons. The Labute approximate surface area is 169 Å². The molecule has 0 radical (unpaired) electrons. The number of benzene rings is 1. The Bertz CT molecular complexity index is 999. The SMILES string of the molecule is CN(C)N1C(N)=C(C#N)[C@@H](c2ccsc2)C2=C1C[C@@H](c1ccccc1)CC2=O. The number of thiophene rings is 1. The van der Waals surface area contributed by atoms with E-state index in [-0.39, 0.29) is 17.6 Å². The summed E-state index contributed by atoms with van der Waals surface area (Å²) in [5.41, 5.74) is 10.6. The number of Topliss-reactive ketones (excluding diaryl/α,β-unsaturated/α-hetero) is 1. The normalized spacial score (nSPS) is 22.5. The van der Waals surface area contributed by atoms with Gasteiger partial charge in [0.25, 0.3) is 0 Å². The third kappa shape index (κ3) is 2.93. The number of ketones is 1. The maximum atomic E-state index is 13.4. The van der Waals surface area contributed by atoms with Gasteiger partial charge in [0.05, 0.1) is 17.6 Å². The molecule has 5 nitrogen and oxygen atoms in total. The van der Waals surface area contributed by atoms with Gasteiger partial charge < -0.3 is 5.73 Å². The van der Waals surface area contributed by atoms with Gasteiger partial charge in [-0.15, -0.1) is 0 Å². The predicted octanol–water partition coefficient (Wildman–Crippen LogP) is 3.72. The van der Waals surface area contributed by atoms with Crippen LogP contribution in [0.1, 0.15) is 35.8 Å². The first kappa shape index (κ1) is 18.5. The average Bonchev–Trinajstić information content (AvgIpc) is 3.21. The van der Waals surface area contributed by atoms with E-state index in [0.29, 0.717) is 29.8 Å². The lowest BCUT2D eigenvalue weighted by molar-refractivity contribution is -0.117. The van der Waals surface area contributed by atoms with E-state index in [0.717, 1.165) is 16.8 Å². The van der Waals surface area contributed by atoms with E-state index in [2.05, 4.69) is 18.2 Å². The molecule has 2 heterocycles. The van der Waals surface area contributed by atoms with Crippen LogP contribution in [0.5, 0.6) is 0 Å². The summed E-state index contributed by atoms with van der Waals surface area (Å²) >= 11 is 1.56. The number of hydrazine groups is 1. The average molecular weight is 391 g/mol. The minimum absolute atomic E-state index is 0.0957. The monoisotopic (exact) mass is 390 g/mol. The number of carbonyl (C=O) groups excluding carboxylic acids is 1. The zero-order valence-corrected chi connectivity index (χ0v) is 16.7. The zero-order chi connectivity index (χ0) is 19.8. The number of nitrogens with zero attached hydrogens (tertiary/aromatic N) is 3. The van der Waals surface area contributed by atoms with Crippen molar-refractivity contribution in [3.63, 3.8) is 0 Å². The van der Waals surface area contributed by atoms with Crippen molar-refractivity contribution in [1.82, 2.24) is 10.0 Å². The molecule has 0 saturated heterocycles. The fourth-order valence-electron chi connectivity index (χ4n) is 4.30. The van der Waals surface area contributed by atoms with Gasteiger partial charge >= 0.3 is 0 Å². The van der Waals surface area contributed by atoms with Crippen LogP contribution >= 0.6 is 11.3 Å². The van der Waals surface area contributed by atoms with E-state index in [4.69, 9.17) is 5.73 Å². The first-order valence-corrected chi connectivity index (χ1v) is 10.2. The second-order valence-electron chi connectivity index (χ2n) is 7.36. The second kappa shape index (κ2) is 7.27. The first-order chi connectivity index (χ1) is 13.5. The van der Waals surface area contributed by atoms with Gasteiger partial charge in [-0.3, -0.25) is 9.80 Å². The van der Waals surface area contributed by atoms with Crippen molar-refractivity contribution in [3.8, 4) is 6.07 Å². The lowest BCUT2D eigenvalue weighted by Crippen LogP contribution is -2.45. The van der Waals surface area contributed by atoms with Gasteiger partial charge in [0.1, 0.15) is 5.82 Å². The second-order valence-corrected chi connectivity index (χ2v) is 8.14. The van der Waals surface area contributed by atoms with Crippen molar-refractivity contribution in [3.05, 3.63) is 80.9 Å². The van der Waals surface area contributed by atoms with Gasteiger partial charge in [-0.2, -0.15) is 16.6 Å². The number of hydrogen-bond donors (Lipinski definition) is 1. The van der Waals surface area contributed by atoms with Gasteiger partial charge in [0.15, 0.2) is 5.78 Å². The molecule has 1 aromatic heterocycles. The van der Waals surface area contributed by atoms with Gasteiger partial charge in [-0.05, 0) is 40.3 Å². The van der Waals surface area contributed by atoms with Crippen LogP contribution < -0.4 is 5.73 Å². The molecule has 1 aromatic carbocycles. The standard InChI is InChI=1S/C22H22N4OS/c1-25(2)26-18-10-16(14-6-4-3-5-7-14)11-19(27)21(18)20(15-8-9-28-13-15)17(12-23)22(26)24/h3-9,13,16,20H,10-11,24H2,1-2H3/t16-,20-/m1/s1. The van der Waals surface area contributed by atoms with Crippen LogP contribution in [0.4, 0.5) is 0 Å². The molecular weight excluding hydrogens is 368 g/mol. The Balaban J connectivity index is 1.88. The van der Waals surface area contributed by atoms with Crippen LogP contribution in [0, 0.1) is 11.3 Å². The van der Waals surface area contributed by atoms with Crippen molar-refractivity contribution in [2.75, 3.05) is 14.1 Å². The lowest BCUT2D eigenvalue weighted by atomic mass is 9.72. The highest BCUT2D eigenvalue weighted by atomic mass is 32.1. The van der Waals surface area contributed by atoms with Crippen LogP contribution in [0.3, 0.4) is 0 Å². The zero-order valence-electron chi connectivity index (χ0n) is 15.9. The lowest BCUT2D eigenvalue weighted by Gasteiger charge is -2.43. The summed E-state index contributed by atoms with van der Waals surface area (Å²) in [7, 11) is 3.77. The molecular formula is C22H22N4OS. The third-order valence-corrected chi connectivity index (χ3v) is 6.19. The molecule has 2 aliphatic rings. The predicted molar refractivity (Wildman–Crippen MR) is 110 cm³/mol. The smallest absolute Gasteiger partial charge is 0.162 e. The number of nitrogens with two attached hydrogens (primary N) is 1. The molecule has 0 fully saturated rings. The van der Waals surface area contributed by atoms with E-state index >= 15 is 0 Å². The van der Waals surface area contributed by atoms with Gasteiger partial charge in [0.2, 0.25) is 0 Å². The molecule has 2 atom stereocenters. The molecule has 0 bridgehead atoms. The quantitative estimate of drug-likeness (QED) is 0.865. The highest BCUT2D eigenvalue weighted by Crippen LogP contribution is 2.48. The van der Waals surface area contributed by atoms with Crippen LogP contribution in [0.2, 0.25) is 0 Å². The molecule has 2 aromatic rings. The van der Waals surface area contributed by atoms with Crippen LogP contribution in [-0.4, -0.2) is 29.9 Å². The molecule has 0 unspecified atom stereocenters. The summed E-state index contributed by atoms with van der Waals surface area (Å²) in [5, 5.41) is 17.5. The van der Waals surface area contributed by atoms with Crippen molar-refractivity contribution < 1.29 is 4.79 Å². The summed E-state index contributed by atoms with van der Waals surface area (Å²) in [6, 6.07) is 14.4. The number of allylic oxidation sites excluding steroid dienone is 3. The largest absolute Gasteiger partial charge is 0.383 e. The highest BCUT2D eigenvalue weighted by Gasteiger charge is 2.43. The molecule has 2 N–H and O–H groups in total. The van der Waals surface area contributed by atoms with Crippen LogP contribution in [0.25, 0.3) is 0 Å². The molecule has 1 aliphatic carbocycles. The fraction of sp³-hybridized carbons (Fsp3) is 0.273. The number of nitriles is 1. The Kier molecular flexibility index (Phi) is 4.80. The van der Waals surface area contributed by atoms with E-state index in [9.17, 15) is 10.1 Å². The molecule has 6 heteroatoms. The molecule has 4 rings (SSSR count). The maximum Gasteiger partial charge on any atom is 0.162 e. The van der Waals surface area contributed by atoms with E-state index in [1.807, 2.05) is 59.1 Å². The molecule has 0 spiro atoms. The van der Waals surface area contributed by atoms with Crippen LogP contribution in [-0.2, 0) is 4.79 Å². The van der Waals surface area contributed by atoms with E-state index in [1.165, 1.54) is 0 Å². The minimum atomic E-state index is -0.383. The Morgan fingerprint density at radius 2 is 1.93 bits per heavy atom. The Morgan fingerprint density at radius 3 is 2.54 bits per heavy atom. The van der Waals surface area contributed by atoms with Crippen molar-refractivity contribution in [2.45, 2.75) is 24.7 Å². The number of carbonyl (C=O) groups is 1. The topological polar surface area (TPSA) is 73.4 Å². The Hall–Kier alpha value is -2.88. The number of rotatable bonds is 3. The molecule has 0 amide bonds. The summed E-state index contributed by atoms with van der Waals surface area (Å²) in [5.74, 6) is 0.225. The summed E-state index contributed by atoms with van der Waals surface area (Å²) in [4.78, 5) is 13.4. The molecule has 0 saturated carbocycles. The highest BCUT2D eigenvalue weighted by molar-refractivity contribution is 7.08. The van der Waals surface area contributed by atoms with Gasteiger partial charge in [0, 0.05) is 31.8 Å². The van der Waals surface area contributed by atoms with Crippen molar-refractivity contribution in [2.24, 2.45) is 5.73 Å². The van der Waals surface area contributed by atoms with Gasteiger partial charge in [-0.25, -0.2) is 5.01 Å². The molecule has 1 aliphatic heterocycles. The summed E-state index contributed by atoms with van der Waals surface area (Å²) < 4.78 is 0. The van der Waals surface area contributed by atoms with Crippen molar-refractivity contribution >= 4 is 17.1 Å². The van der Waals surface area contributed by atoms with E-state index < -0.39 is 0 Å². The summed E-state index contributed by atoms with van der Waals surface area (Å²) in [6.45, 7) is 0. The van der Waals surface area contributed by atoms with Gasteiger partial charge in [-0.1, -0.05) is 30.3 Å². The van der Waals surface area contributed by atoms with E-state index in [1.54, 1.807) is 11.3 Å². The Morgan fingerprint density at radius 1 is 1.18 bits per heavy atom. The fourth-order valence-corrected chi connectivity index (χ4v) is 4.99.